The molecule has 114 valence electrons. The van der Waals surface area contributed by atoms with E-state index in [0.717, 1.165) is 34.3 Å². The van der Waals surface area contributed by atoms with Gasteiger partial charge in [-0.05, 0) is 37.0 Å². The number of pyridine rings is 1. The van der Waals surface area contributed by atoms with Crippen LogP contribution in [0.25, 0.3) is 10.8 Å². The minimum atomic E-state index is -0.375. The molecule has 4 heteroatoms. The first-order valence-corrected chi connectivity index (χ1v) is 7.33. The van der Waals surface area contributed by atoms with Crippen molar-refractivity contribution in [2.45, 2.75) is 40.2 Å². The van der Waals surface area contributed by atoms with Gasteiger partial charge in [0.2, 0.25) is 0 Å². The minimum Gasteiger partial charge on any atom is -0.398 e. The molecule has 21 heavy (non-hydrogen) atoms. The van der Waals surface area contributed by atoms with E-state index in [1.807, 2.05) is 25.1 Å². The van der Waals surface area contributed by atoms with Crippen molar-refractivity contribution in [1.29, 1.82) is 0 Å². The summed E-state index contributed by atoms with van der Waals surface area (Å²) in [7, 11) is 0. The van der Waals surface area contributed by atoms with Gasteiger partial charge in [0.05, 0.1) is 6.10 Å². The molecule has 0 amide bonds. The zero-order chi connectivity index (χ0) is 15.6. The first-order valence-electron chi connectivity index (χ1n) is 7.33. The number of aryl methyl sites for hydroxylation is 1. The molecule has 4 N–H and O–H groups in total. The molecular weight excluding hydrogens is 262 g/mol. The largest absolute Gasteiger partial charge is 0.398 e. The summed E-state index contributed by atoms with van der Waals surface area (Å²) < 4.78 is 0. The summed E-state index contributed by atoms with van der Waals surface area (Å²) in [6.45, 7) is 8.87. The number of aliphatic hydroxyl groups excluding tert-OH is 1. The normalized spacial score (nSPS) is 13.4. The molecule has 0 bridgehead atoms. The van der Waals surface area contributed by atoms with Crippen LogP contribution in [0.3, 0.4) is 0 Å². The van der Waals surface area contributed by atoms with Gasteiger partial charge in [0, 0.05) is 40.6 Å². The van der Waals surface area contributed by atoms with Crippen LogP contribution >= 0.6 is 0 Å². The van der Waals surface area contributed by atoms with E-state index < -0.39 is 0 Å². The van der Waals surface area contributed by atoms with Crippen LogP contribution in [-0.2, 0) is 0 Å². The fourth-order valence-corrected chi connectivity index (χ4v) is 2.53. The van der Waals surface area contributed by atoms with Crippen molar-refractivity contribution in [1.82, 2.24) is 4.98 Å². The Morgan fingerprint density at radius 2 is 2.00 bits per heavy atom. The van der Waals surface area contributed by atoms with E-state index in [4.69, 9.17) is 5.73 Å². The lowest BCUT2D eigenvalue weighted by Gasteiger charge is -2.23. The van der Waals surface area contributed by atoms with Crippen LogP contribution in [0.2, 0.25) is 0 Å². The van der Waals surface area contributed by atoms with Gasteiger partial charge in [-0.3, -0.25) is 4.98 Å². The van der Waals surface area contributed by atoms with Crippen molar-refractivity contribution in [3.8, 4) is 0 Å². The van der Waals surface area contributed by atoms with Gasteiger partial charge in [-0.1, -0.05) is 20.8 Å². The summed E-state index contributed by atoms with van der Waals surface area (Å²) in [6.07, 6.45) is 2.19. The number of benzene rings is 1. The standard InChI is InChI=1S/C17H25N3O/c1-11-7-13-14(10-19-11)15(18)5-6-16(13)20-9-12(21)8-17(2,3)4/h5-7,10,12,20-21H,8-9,18H2,1-4H3. The van der Waals surface area contributed by atoms with Gasteiger partial charge in [-0.2, -0.15) is 0 Å². The highest BCUT2D eigenvalue weighted by Gasteiger charge is 2.16. The van der Waals surface area contributed by atoms with Gasteiger partial charge >= 0.3 is 0 Å². The van der Waals surface area contributed by atoms with Gasteiger partial charge in [0.15, 0.2) is 0 Å². The third kappa shape index (κ3) is 4.08. The maximum Gasteiger partial charge on any atom is 0.0717 e. The van der Waals surface area contributed by atoms with Crippen molar-refractivity contribution < 1.29 is 5.11 Å². The fourth-order valence-electron chi connectivity index (χ4n) is 2.53. The molecule has 1 unspecified atom stereocenters. The number of aliphatic hydroxyl groups is 1. The Balaban J connectivity index is 2.19. The minimum absolute atomic E-state index is 0.116. The lowest BCUT2D eigenvalue weighted by molar-refractivity contribution is 0.132. The average molecular weight is 287 g/mol. The average Bonchev–Trinajstić information content (AvgIpc) is 2.35. The SMILES string of the molecule is Cc1cc2c(NCC(O)CC(C)(C)C)ccc(N)c2cn1. The van der Waals surface area contributed by atoms with Gasteiger partial charge in [-0.25, -0.2) is 0 Å². The highest BCUT2D eigenvalue weighted by Crippen LogP contribution is 2.28. The first-order chi connectivity index (χ1) is 9.76. The molecule has 0 fully saturated rings. The van der Waals surface area contributed by atoms with Crippen LogP contribution in [0.1, 0.15) is 32.9 Å². The molecule has 0 aliphatic rings. The Morgan fingerprint density at radius 3 is 2.67 bits per heavy atom. The number of nitrogens with one attached hydrogen (secondary N) is 1. The number of hydrogen-bond acceptors (Lipinski definition) is 4. The molecule has 0 spiro atoms. The molecule has 0 saturated heterocycles. The summed E-state index contributed by atoms with van der Waals surface area (Å²) in [6, 6.07) is 5.85. The van der Waals surface area contributed by atoms with E-state index in [0.29, 0.717) is 6.54 Å². The number of aromatic nitrogens is 1. The van der Waals surface area contributed by atoms with Gasteiger partial charge in [0.1, 0.15) is 0 Å². The Hall–Kier alpha value is -1.81. The molecule has 0 aliphatic carbocycles. The molecule has 0 saturated carbocycles. The summed E-state index contributed by atoms with van der Waals surface area (Å²) in [5.41, 5.74) is 8.77. The lowest BCUT2D eigenvalue weighted by atomic mass is 9.89. The number of nitrogen functional groups attached to an aromatic ring is 1. The van der Waals surface area contributed by atoms with Crippen LogP contribution in [0.5, 0.6) is 0 Å². The number of nitrogens with zero attached hydrogens (tertiary/aromatic N) is 1. The van der Waals surface area contributed by atoms with Crippen LogP contribution in [0, 0.1) is 12.3 Å². The fraction of sp³-hybridized carbons (Fsp3) is 0.471. The van der Waals surface area contributed by atoms with Crippen molar-refractivity contribution in [3.05, 3.63) is 30.1 Å². The Morgan fingerprint density at radius 1 is 1.29 bits per heavy atom. The number of anilines is 2. The van der Waals surface area contributed by atoms with Gasteiger partial charge in [0.25, 0.3) is 0 Å². The van der Waals surface area contributed by atoms with Gasteiger partial charge < -0.3 is 16.2 Å². The molecule has 2 rings (SSSR count). The number of fused-ring (bicyclic) bond motifs is 1. The zero-order valence-corrected chi connectivity index (χ0v) is 13.3. The Bertz CT molecular complexity index is 632. The smallest absolute Gasteiger partial charge is 0.0717 e. The van der Waals surface area contributed by atoms with E-state index >= 15 is 0 Å². The predicted octanol–water partition coefficient (Wildman–Crippen LogP) is 3.33. The summed E-state index contributed by atoms with van der Waals surface area (Å²) >= 11 is 0. The van der Waals surface area contributed by atoms with Crippen LogP contribution in [0.4, 0.5) is 11.4 Å². The topological polar surface area (TPSA) is 71.2 Å². The van der Waals surface area contributed by atoms with Crippen LogP contribution in [0.15, 0.2) is 24.4 Å². The highest BCUT2D eigenvalue weighted by atomic mass is 16.3. The summed E-state index contributed by atoms with van der Waals surface area (Å²) in [5.74, 6) is 0. The van der Waals surface area contributed by atoms with E-state index in [1.54, 1.807) is 6.20 Å². The zero-order valence-electron chi connectivity index (χ0n) is 13.3. The molecule has 0 radical (unpaired) electrons. The predicted molar refractivity (Wildman–Crippen MR) is 89.5 cm³/mol. The summed E-state index contributed by atoms with van der Waals surface area (Å²) in [5, 5.41) is 15.4. The quantitative estimate of drug-likeness (QED) is 0.754. The van der Waals surface area contributed by atoms with Crippen LogP contribution in [-0.4, -0.2) is 22.7 Å². The molecule has 0 aliphatic heterocycles. The maximum absolute atomic E-state index is 10.1. The molecule has 4 nitrogen and oxygen atoms in total. The Kier molecular flexibility index (Phi) is 4.37. The van der Waals surface area contributed by atoms with E-state index in [9.17, 15) is 5.11 Å². The van der Waals surface area contributed by atoms with Crippen molar-refractivity contribution in [2.24, 2.45) is 5.41 Å². The van der Waals surface area contributed by atoms with E-state index in [1.165, 1.54) is 0 Å². The second-order valence-corrected chi connectivity index (χ2v) is 6.87. The molecule has 1 heterocycles. The molecular formula is C17H25N3O. The second-order valence-electron chi connectivity index (χ2n) is 6.87. The van der Waals surface area contributed by atoms with E-state index in [-0.39, 0.29) is 11.5 Å². The molecule has 1 atom stereocenters. The number of nitrogens with two attached hydrogens (primary N) is 1. The second kappa shape index (κ2) is 5.90. The van der Waals surface area contributed by atoms with Crippen molar-refractivity contribution in [3.63, 3.8) is 0 Å². The van der Waals surface area contributed by atoms with Crippen molar-refractivity contribution >= 4 is 22.1 Å². The summed E-state index contributed by atoms with van der Waals surface area (Å²) in [4.78, 5) is 4.30. The van der Waals surface area contributed by atoms with Gasteiger partial charge in [-0.15, -0.1) is 0 Å². The van der Waals surface area contributed by atoms with Crippen LogP contribution < -0.4 is 11.1 Å². The highest BCUT2D eigenvalue weighted by molar-refractivity contribution is 6.00. The molecule has 1 aromatic heterocycles. The molecule has 2 aromatic rings. The monoisotopic (exact) mass is 287 g/mol. The third-order valence-electron chi connectivity index (χ3n) is 3.45. The first kappa shape index (κ1) is 15.6. The third-order valence-corrected chi connectivity index (χ3v) is 3.45. The number of hydrogen-bond donors (Lipinski definition) is 3. The number of rotatable bonds is 4. The van der Waals surface area contributed by atoms with Crippen molar-refractivity contribution in [2.75, 3.05) is 17.6 Å². The van der Waals surface area contributed by atoms with E-state index in [2.05, 4.69) is 31.1 Å². The maximum atomic E-state index is 10.1. The molecule has 1 aromatic carbocycles. The lowest BCUT2D eigenvalue weighted by Crippen LogP contribution is -2.25. The Labute approximate surface area is 126 Å².